The molecule has 1 aliphatic rings. The standard InChI is InChI=1S/C17H30N.2CH3.Ti/c1-7-13-12-17(11-5,16(6,18)10-4)15(9-3)14(13)8-2;;;/h7-11,18H2,1-6H3;2*1H3;/q3*-1;+3. The Kier molecular flexibility index (Phi) is 12.5. The fraction of sp³-hybridized carbons (Fsp3) is 0.684. The molecule has 0 bridgehead atoms. The molecule has 2 heteroatoms. The molecule has 0 aromatic rings. The van der Waals surface area contributed by atoms with Crippen LogP contribution in [-0.2, 0) is 21.7 Å². The minimum atomic E-state index is -0.190. The Morgan fingerprint density at radius 1 is 1.00 bits per heavy atom. The second-order valence-electron chi connectivity index (χ2n) is 5.65. The van der Waals surface area contributed by atoms with Crippen molar-refractivity contribution in [1.82, 2.24) is 0 Å². The van der Waals surface area contributed by atoms with Gasteiger partial charge in [-0.3, -0.25) is 6.08 Å². The van der Waals surface area contributed by atoms with Gasteiger partial charge in [0.15, 0.2) is 0 Å². The summed E-state index contributed by atoms with van der Waals surface area (Å²) >= 11 is 0. The van der Waals surface area contributed by atoms with Crippen molar-refractivity contribution in [2.75, 3.05) is 0 Å². The zero-order chi connectivity index (χ0) is 14.0. The van der Waals surface area contributed by atoms with Gasteiger partial charge in [-0.2, -0.15) is 11.1 Å². The average Bonchev–Trinajstić information content (AvgIpc) is 2.72. The fourth-order valence-corrected chi connectivity index (χ4v) is 3.59. The Morgan fingerprint density at radius 3 is 1.81 bits per heavy atom. The van der Waals surface area contributed by atoms with Crippen molar-refractivity contribution < 1.29 is 21.7 Å². The van der Waals surface area contributed by atoms with Crippen LogP contribution in [0.2, 0.25) is 0 Å². The van der Waals surface area contributed by atoms with Crippen LogP contribution in [0.25, 0.3) is 0 Å². The van der Waals surface area contributed by atoms with Crippen LogP contribution in [0.3, 0.4) is 0 Å². The van der Waals surface area contributed by atoms with Gasteiger partial charge in [0.2, 0.25) is 0 Å². The molecule has 0 saturated carbocycles. The van der Waals surface area contributed by atoms with E-state index in [0.29, 0.717) is 0 Å². The molecule has 0 fully saturated rings. The summed E-state index contributed by atoms with van der Waals surface area (Å²) in [5.41, 5.74) is 10.9. The number of rotatable bonds is 6. The smallest absolute Gasteiger partial charge is 0.358 e. The summed E-state index contributed by atoms with van der Waals surface area (Å²) in [5.74, 6) is 0. The van der Waals surface area contributed by atoms with Gasteiger partial charge in [-0.25, -0.2) is 5.57 Å². The van der Waals surface area contributed by atoms with E-state index >= 15 is 0 Å². The normalized spacial score (nSPS) is 23.5. The monoisotopic (exact) mass is 326 g/mol. The van der Waals surface area contributed by atoms with Gasteiger partial charge < -0.3 is 20.6 Å². The molecule has 0 spiro atoms. The van der Waals surface area contributed by atoms with Crippen LogP contribution in [0, 0.1) is 26.3 Å². The Hall–Kier alpha value is 0.154. The van der Waals surface area contributed by atoms with Crippen LogP contribution >= 0.6 is 0 Å². The molecule has 2 unspecified atom stereocenters. The summed E-state index contributed by atoms with van der Waals surface area (Å²) in [6, 6.07) is 0. The summed E-state index contributed by atoms with van der Waals surface area (Å²) in [6.45, 7) is 13.4. The Labute approximate surface area is 149 Å². The first-order valence-corrected chi connectivity index (χ1v) is 7.59. The zero-order valence-electron chi connectivity index (χ0n) is 15.6. The maximum atomic E-state index is 6.66. The first-order valence-electron chi connectivity index (χ1n) is 7.59. The van der Waals surface area contributed by atoms with E-state index < -0.39 is 0 Å². The van der Waals surface area contributed by atoms with Gasteiger partial charge in [0, 0.05) is 5.54 Å². The van der Waals surface area contributed by atoms with Crippen molar-refractivity contribution in [2.24, 2.45) is 11.1 Å². The number of nitrogens with two attached hydrogens (primary N) is 1. The Balaban J connectivity index is -0.00000108. The van der Waals surface area contributed by atoms with Crippen LogP contribution in [0.5, 0.6) is 0 Å². The number of hydrogen-bond acceptors (Lipinski definition) is 1. The molecule has 2 N–H and O–H groups in total. The van der Waals surface area contributed by atoms with E-state index in [1.165, 1.54) is 11.1 Å². The van der Waals surface area contributed by atoms with Crippen molar-refractivity contribution in [2.45, 2.75) is 79.2 Å². The van der Waals surface area contributed by atoms with E-state index in [9.17, 15) is 0 Å². The van der Waals surface area contributed by atoms with E-state index in [1.54, 1.807) is 5.57 Å². The van der Waals surface area contributed by atoms with Gasteiger partial charge >= 0.3 is 21.7 Å². The molecule has 1 radical (unpaired) electrons. The molecular weight excluding hydrogens is 290 g/mol. The van der Waals surface area contributed by atoms with Crippen molar-refractivity contribution >= 4 is 0 Å². The van der Waals surface area contributed by atoms with Gasteiger partial charge in [0.05, 0.1) is 0 Å². The molecule has 21 heavy (non-hydrogen) atoms. The van der Waals surface area contributed by atoms with E-state index in [1.807, 2.05) is 0 Å². The molecule has 2 atom stereocenters. The molecule has 0 aliphatic heterocycles. The topological polar surface area (TPSA) is 26.0 Å². The van der Waals surface area contributed by atoms with E-state index in [0.717, 1.165) is 32.1 Å². The molecular formula is C19H36NTi. The summed E-state index contributed by atoms with van der Waals surface area (Å²) in [4.78, 5) is 0. The maximum absolute atomic E-state index is 6.66. The zero-order valence-corrected chi connectivity index (χ0v) is 17.2. The van der Waals surface area contributed by atoms with Crippen LogP contribution in [-0.4, -0.2) is 5.54 Å². The third-order valence-electron chi connectivity index (χ3n) is 4.91. The molecule has 1 rings (SSSR count). The molecule has 0 saturated heterocycles. The van der Waals surface area contributed by atoms with Gasteiger partial charge in [0.25, 0.3) is 0 Å². The van der Waals surface area contributed by atoms with Crippen molar-refractivity contribution in [3.05, 3.63) is 37.6 Å². The fourth-order valence-electron chi connectivity index (χ4n) is 3.59. The van der Waals surface area contributed by atoms with Crippen LogP contribution < -0.4 is 5.73 Å². The molecule has 1 aliphatic carbocycles. The van der Waals surface area contributed by atoms with Crippen molar-refractivity contribution in [3.8, 4) is 0 Å². The predicted octanol–water partition coefficient (Wildman–Crippen LogP) is 5.68. The maximum Gasteiger partial charge on any atom is 3.00 e. The summed E-state index contributed by atoms with van der Waals surface area (Å²) in [6.07, 6.45) is 9.15. The third-order valence-corrected chi connectivity index (χ3v) is 4.91. The molecule has 0 heterocycles. The van der Waals surface area contributed by atoms with Crippen LogP contribution in [0.1, 0.15) is 73.6 Å². The third kappa shape index (κ3) is 4.12. The minimum Gasteiger partial charge on any atom is -0.358 e. The van der Waals surface area contributed by atoms with E-state index in [2.05, 4.69) is 47.6 Å². The van der Waals surface area contributed by atoms with Gasteiger partial charge in [-0.1, -0.05) is 65.7 Å². The van der Waals surface area contributed by atoms with Crippen molar-refractivity contribution in [3.63, 3.8) is 0 Å². The summed E-state index contributed by atoms with van der Waals surface area (Å²) in [5, 5.41) is 0. The molecule has 0 aromatic heterocycles. The minimum absolute atomic E-state index is 0. The molecule has 0 amide bonds. The van der Waals surface area contributed by atoms with Crippen molar-refractivity contribution in [1.29, 1.82) is 0 Å². The SMILES string of the molecule is CCC1=[C-]C(CC)(C(C)(N)CC)C(CC)=C1CC.[CH3-].[CH3-].[Ti+3]. The number of allylic oxidation sites excluding steroid dienone is 2. The molecule has 0 aromatic carbocycles. The average molecular weight is 326 g/mol. The van der Waals surface area contributed by atoms with Gasteiger partial charge in [-0.05, 0) is 13.3 Å². The second kappa shape index (κ2) is 10.0. The summed E-state index contributed by atoms with van der Waals surface area (Å²) < 4.78 is 0. The Morgan fingerprint density at radius 2 is 1.52 bits per heavy atom. The van der Waals surface area contributed by atoms with Crippen LogP contribution in [0.4, 0.5) is 0 Å². The van der Waals surface area contributed by atoms with E-state index in [-0.39, 0.29) is 47.5 Å². The van der Waals surface area contributed by atoms with Gasteiger partial charge in [-0.15, -0.1) is 0 Å². The summed E-state index contributed by atoms with van der Waals surface area (Å²) in [7, 11) is 0. The molecule has 121 valence electrons. The largest absolute Gasteiger partial charge is 3.00 e. The molecule has 1 nitrogen and oxygen atoms in total. The predicted molar refractivity (Wildman–Crippen MR) is 93.1 cm³/mol. The van der Waals surface area contributed by atoms with Gasteiger partial charge in [0.1, 0.15) is 0 Å². The van der Waals surface area contributed by atoms with E-state index in [4.69, 9.17) is 5.73 Å². The Bertz CT molecular complexity index is 366. The first kappa shape index (κ1) is 26.1. The van der Waals surface area contributed by atoms with Crippen LogP contribution in [0.15, 0.2) is 16.7 Å². The quantitative estimate of drug-likeness (QED) is 0.493. The number of hydrogen-bond donors (Lipinski definition) is 1. The first-order chi connectivity index (χ1) is 8.43. The second-order valence-corrected chi connectivity index (χ2v) is 5.65.